The topological polar surface area (TPSA) is 50.2 Å². The Bertz CT molecular complexity index is 349. The van der Waals surface area contributed by atoms with Gasteiger partial charge in [0, 0.05) is 6.20 Å². The summed E-state index contributed by atoms with van der Waals surface area (Å²) in [4.78, 5) is 15.1. The normalized spacial score (nSPS) is 25.6. The molecule has 1 aromatic rings. The van der Waals surface area contributed by atoms with E-state index in [1.807, 2.05) is 19.1 Å². The second-order valence-corrected chi connectivity index (χ2v) is 3.55. The third kappa shape index (κ3) is 1.20. The Morgan fingerprint density at radius 1 is 1.69 bits per heavy atom. The van der Waals surface area contributed by atoms with Gasteiger partial charge in [-0.25, -0.2) is 0 Å². The molecular formula is C10H11NO2. The fourth-order valence-corrected chi connectivity index (χ4v) is 2.00. The zero-order valence-electron chi connectivity index (χ0n) is 7.40. The Balaban J connectivity index is 2.46. The van der Waals surface area contributed by atoms with Crippen LogP contribution in [0.4, 0.5) is 0 Å². The maximum atomic E-state index is 10.9. The number of carboxylic acid groups (broad SMARTS) is 1. The smallest absolute Gasteiger partial charge is 0.312 e. The number of fused-ring (bicyclic) bond motifs is 1. The van der Waals surface area contributed by atoms with Gasteiger partial charge in [0.1, 0.15) is 5.92 Å². The number of hydrogen-bond donors (Lipinski definition) is 1. The van der Waals surface area contributed by atoms with Gasteiger partial charge in [0.25, 0.3) is 0 Å². The average Bonchev–Trinajstić information content (AvgIpc) is 2.39. The molecule has 2 unspecified atom stereocenters. The Morgan fingerprint density at radius 2 is 2.46 bits per heavy atom. The predicted octanol–water partition coefficient (Wildman–Crippen LogP) is 1.44. The van der Waals surface area contributed by atoms with Crippen molar-refractivity contribution in [3.8, 4) is 0 Å². The fourth-order valence-electron chi connectivity index (χ4n) is 2.00. The number of aromatic nitrogens is 1. The van der Waals surface area contributed by atoms with Gasteiger partial charge >= 0.3 is 5.97 Å². The van der Waals surface area contributed by atoms with Crippen molar-refractivity contribution < 1.29 is 9.90 Å². The molecule has 2 rings (SSSR count). The highest BCUT2D eigenvalue weighted by atomic mass is 16.4. The highest BCUT2D eigenvalue weighted by Crippen LogP contribution is 2.35. The van der Waals surface area contributed by atoms with Gasteiger partial charge in [-0.05, 0) is 24.0 Å². The molecule has 68 valence electrons. The molecule has 0 aromatic carbocycles. The number of hydrogen-bond acceptors (Lipinski definition) is 2. The first-order valence-electron chi connectivity index (χ1n) is 4.36. The third-order valence-corrected chi connectivity index (χ3v) is 2.60. The van der Waals surface area contributed by atoms with Crippen molar-refractivity contribution in [1.29, 1.82) is 0 Å². The quantitative estimate of drug-likeness (QED) is 0.706. The molecule has 0 aliphatic heterocycles. The first kappa shape index (κ1) is 8.23. The second kappa shape index (κ2) is 2.83. The highest BCUT2D eigenvalue weighted by molar-refractivity contribution is 5.77. The molecule has 1 aromatic heterocycles. The van der Waals surface area contributed by atoms with Crippen LogP contribution in [0.2, 0.25) is 0 Å². The summed E-state index contributed by atoms with van der Waals surface area (Å²) in [6.07, 6.45) is 2.49. The van der Waals surface area contributed by atoms with E-state index in [0.717, 1.165) is 17.7 Å². The van der Waals surface area contributed by atoms with Gasteiger partial charge in [0.2, 0.25) is 0 Å². The van der Waals surface area contributed by atoms with Crippen LogP contribution in [0.1, 0.15) is 24.1 Å². The molecule has 3 heteroatoms. The van der Waals surface area contributed by atoms with Crippen LogP contribution >= 0.6 is 0 Å². The molecule has 1 heterocycles. The maximum absolute atomic E-state index is 10.9. The molecule has 1 N–H and O–H groups in total. The molecule has 0 radical (unpaired) electrons. The van der Waals surface area contributed by atoms with Gasteiger partial charge < -0.3 is 5.11 Å². The molecule has 0 bridgehead atoms. The van der Waals surface area contributed by atoms with E-state index in [4.69, 9.17) is 5.11 Å². The van der Waals surface area contributed by atoms with Crippen molar-refractivity contribution in [2.45, 2.75) is 19.3 Å². The van der Waals surface area contributed by atoms with E-state index < -0.39 is 11.9 Å². The van der Waals surface area contributed by atoms with Crippen LogP contribution in [-0.4, -0.2) is 16.1 Å². The lowest BCUT2D eigenvalue weighted by molar-refractivity contribution is -0.139. The average molecular weight is 177 g/mol. The zero-order chi connectivity index (χ0) is 9.42. The molecule has 0 saturated carbocycles. The first-order chi connectivity index (χ1) is 6.20. The number of pyridine rings is 1. The number of aliphatic carboxylic acids is 1. The van der Waals surface area contributed by atoms with E-state index >= 15 is 0 Å². The van der Waals surface area contributed by atoms with Gasteiger partial charge in [-0.2, -0.15) is 0 Å². The van der Waals surface area contributed by atoms with Crippen molar-refractivity contribution in [1.82, 2.24) is 4.98 Å². The van der Waals surface area contributed by atoms with Crippen LogP contribution in [0.5, 0.6) is 0 Å². The van der Waals surface area contributed by atoms with Crippen LogP contribution in [0.25, 0.3) is 0 Å². The van der Waals surface area contributed by atoms with Crippen LogP contribution < -0.4 is 0 Å². The second-order valence-electron chi connectivity index (χ2n) is 3.55. The van der Waals surface area contributed by atoms with Gasteiger partial charge in [-0.15, -0.1) is 0 Å². The van der Waals surface area contributed by atoms with Crippen molar-refractivity contribution in [2.24, 2.45) is 5.92 Å². The number of carboxylic acids is 1. The fraction of sp³-hybridized carbons (Fsp3) is 0.400. The summed E-state index contributed by atoms with van der Waals surface area (Å²) < 4.78 is 0. The molecule has 0 spiro atoms. The number of rotatable bonds is 1. The zero-order valence-corrected chi connectivity index (χ0v) is 7.40. The summed E-state index contributed by atoms with van der Waals surface area (Å²) in [5.74, 6) is -0.997. The van der Waals surface area contributed by atoms with E-state index in [-0.39, 0.29) is 5.92 Å². The van der Waals surface area contributed by atoms with Crippen molar-refractivity contribution in [3.05, 3.63) is 29.6 Å². The molecular weight excluding hydrogens is 166 g/mol. The van der Waals surface area contributed by atoms with E-state index in [9.17, 15) is 4.79 Å². The van der Waals surface area contributed by atoms with Crippen molar-refractivity contribution >= 4 is 5.97 Å². The van der Waals surface area contributed by atoms with E-state index in [2.05, 4.69) is 4.98 Å². The number of carbonyl (C=O) groups is 1. The molecule has 0 fully saturated rings. The Kier molecular flexibility index (Phi) is 1.79. The van der Waals surface area contributed by atoms with Gasteiger partial charge in [0.05, 0.1) is 5.69 Å². The van der Waals surface area contributed by atoms with Gasteiger partial charge in [-0.1, -0.05) is 13.0 Å². The lowest BCUT2D eigenvalue weighted by Crippen LogP contribution is -2.15. The van der Waals surface area contributed by atoms with Crippen LogP contribution in [0, 0.1) is 5.92 Å². The van der Waals surface area contributed by atoms with Gasteiger partial charge in [-0.3, -0.25) is 9.78 Å². The van der Waals surface area contributed by atoms with E-state index in [1.165, 1.54) is 0 Å². The Hall–Kier alpha value is -1.38. The molecule has 2 atom stereocenters. The van der Waals surface area contributed by atoms with Crippen molar-refractivity contribution in [2.75, 3.05) is 0 Å². The Labute approximate surface area is 76.4 Å². The summed E-state index contributed by atoms with van der Waals surface area (Å²) >= 11 is 0. The maximum Gasteiger partial charge on any atom is 0.312 e. The molecule has 1 aliphatic carbocycles. The lowest BCUT2D eigenvalue weighted by Gasteiger charge is -2.08. The molecule has 0 amide bonds. The monoisotopic (exact) mass is 177 g/mol. The molecule has 13 heavy (non-hydrogen) atoms. The van der Waals surface area contributed by atoms with Crippen molar-refractivity contribution in [3.63, 3.8) is 0 Å². The minimum atomic E-state index is -0.759. The minimum Gasteiger partial charge on any atom is -0.481 e. The van der Waals surface area contributed by atoms with E-state index in [1.54, 1.807) is 6.20 Å². The summed E-state index contributed by atoms with van der Waals surface area (Å²) in [5.41, 5.74) is 1.84. The summed E-state index contributed by atoms with van der Waals surface area (Å²) in [6.45, 7) is 1.96. The van der Waals surface area contributed by atoms with Crippen LogP contribution in [0.15, 0.2) is 18.3 Å². The molecule has 0 saturated heterocycles. The third-order valence-electron chi connectivity index (χ3n) is 2.60. The standard InChI is InChI=1S/C10H11NO2/c1-6-5-7-3-2-4-11-9(7)8(6)10(12)13/h2-4,6,8H,5H2,1H3,(H,12,13). The first-order valence-corrected chi connectivity index (χ1v) is 4.36. The SMILES string of the molecule is CC1Cc2cccnc2C1C(=O)O. The summed E-state index contributed by atoms with van der Waals surface area (Å²) in [5, 5.41) is 8.99. The summed E-state index contributed by atoms with van der Waals surface area (Å²) in [6, 6.07) is 3.82. The Morgan fingerprint density at radius 3 is 3.15 bits per heavy atom. The number of nitrogens with zero attached hydrogens (tertiary/aromatic N) is 1. The largest absolute Gasteiger partial charge is 0.481 e. The molecule has 1 aliphatic rings. The van der Waals surface area contributed by atoms with Gasteiger partial charge in [0.15, 0.2) is 0 Å². The van der Waals surface area contributed by atoms with Crippen LogP contribution in [-0.2, 0) is 11.2 Å². The summed E-state index contributed by atoms with van der Waals surface area (Å²) in [7, 11) is 0. The minimum absolute atomic E-state index is 0.169. The lowest BCUT2D eigenvalue weighted by atomic mass is 9.97. The predicted molar refractivity (Wildman–Crippen MR) is 47.5 cm³/mol. The van der Waals surface area contributed by atoms with E-state index in [0.29, 0.717) is 0 Å². The van der Waals surface area contributed by atoms with Crippen LogP contribution in [0.3, 0.4) is 0 Å². The molecule has 3 nitrogen and oxygen atoms in total. The highest BCUT2D eigenvalue weighted by Gasteiger charge is 2.35.